The Labute approximate surface area is 513 Å². The summed E-state index contributed by atoms with van der Waals surface area (Å²) < 4.78 is 55.8. The lowest BCUT2D eigenvalue weighted by molar-refractivity contribution is -0.393. The largest absolute Gasteiger partial charge is 0.457 e. The molecule has 3 atom stereocenters. The first-order chi connectivity index (χ1) is 42.9. The Bertz CT molecular complexity index is 2980. The van der Waals surface area contributed by atoms with E-state index in [4.69, 9.17) is 47.4 Å². The average Bonchev–Trinajstić information content (AvgIpc) is 1.70. The lowest BCUT2D eigenvalue weighted by atomic mass is 9.67. The van der Waals surface area contributed by atoms with E-state index in [1.165, 1.54) is 28.9 Å². The molecule has 0 aliphatic carbocycles. The highest BCUT2D eigenvalue weighted by Gasteiger charge is 2.46. The van der Waals surface area contributed by atoms with Gasteiger partial charge in [0, 0.05) is 85.5 Å². The fourth-order valence-corrected chi connectivity index (χ4v) is 11.2. The minimum Gasteiger partial charge on any atom is -0.457 e. The summed E-state index contributed by atoms with van der Waals surface area (Å²) in [6, 6.07) is 24.6. The molecular weight excluding hydrogens is 1140 g/mol. The maximum absolute atomic E-state index is 13.7. The molecule has 25 nitrogen and oxygen atoms in total. The Hall–Kier alpha value is -6.88. The molecule has 2 fully saturated rings. The highest BCUT2D eigenvalue weighted by molar-refractivity contribution is 5.98. The monoisotopic (exact) mass is 1230 g/mol. The molecule has 2 saturated heterocycles. The van der Waals surface area contributed by atoms with Crippen molar-refractivity contribution in [1.82, 2.24) is 20.1 Å². The number of amides is 2. The second-order valence-electron chi connectivity index (χ2n) is 22.1. The van der Waals surface area contributed by atoms with Crippen LogP contribution >= 0.6 is 0 Å². The predicted molar refractivity (Wildman–Crippen MR) is 329 cm³/mol. The summed E-state index contributed by atoms with van der Waals surface area (Å²) in [7, 11) is 0. The number of aromatic amines is 1. The number of carbonyl (C=O) groups excluding carboxylic acids is 2. The molecular formula is C63H86N8O17. The molecule has 5 aromatic rings. The van der Waals surface area contributed by atoms with E-state index in [9.17, 15) is 34.9 Å². The number of aromatic nitrogens is 1. The number of nitro benzene ring substituents is 2. The van der Waals surface area contributed by atoms with Crippen LogP contribution in [0.1, 0.15) is 58.2 Å². The van der Waals surface area contributed by atoms with Crippen molar-refractivity contribution in [3.63, 3.8) is 0 Å². The zero-order valence-electron chi connectivity index (χ0n) is 50.6. The number of benzene rings is 4. The van der Waals surface area contributed by atoms with E-state index in [1.54, 1.807) is 24.3 Å². The fraction of sp³-hybridized carbons (Fsp3) is 0.556. The quantitative estimate of drug-likeness (QED) is 0.0150. The van der Waals surface area contributed by atoms with Gasteiger partial charge in [-0.3, -0.25) is 29.8 Å². The molecule has 0 bridgehead atoms. The summed E-state index contributed by atoms with van der Waals surface area (Å²) in [6.45, 7) is 17.0. The number of ether oxygens (including phenoxy) is 10. The SMILES string of the molecule is Cc1ccc2c(c1)NC[C@]21CCN(C[C@@H](O)C2CCN(C(=O)c3cc4ccc(Oc5ccc(C(=O)NCCOCCOCCOCCOCCOCCOCCOCCOCCOCCNc6ccc([N+](=O)[O-])cc6[N+](=O)[O-])cc5)cc4[nH]3)CC2)C[C@H]1C. The van der Waals surface area contributed by atoms with Gasteiger partial charge in [0.2, 0.25) is 0 Å². The van der Waals surface area contributed by atoms with Gasteiger partial charge in [0.25, 0.3) is 23.2 Å². The van der Waals surface area contributed by atoms with Gasteiger partial charge in [-0.1, -0.05) is 19.1 Å². The molecule has 8 rings (SSSR count). The first kappa shape index (κ1) is 67.1. The Kier molecular flexibility index (Phi) is 26.9. The fourth-order valence-electron chi connectivity index (χ4n) is 11.2. The number of aliphatic hydroxyl groups is 1. The number of hydrogen-bond donors (Lipinski definition) is 5. The standard InChI is InChI=1S/C63H86N8O17/c1-46-3-11-54-57(39-46)66-45-63(54)15-20-68(43-47(63)2)44-60(72)48-13-18-69(19-14-48)62(74)58-40-50-6-10-53(42-56(50)67-58)88-52-8-4-49(5-9-52)61(73)65-17-22-80-24-26-82-28-30-84-32-34-86-36-38-87-37-35-85-33-31-83-29-27-81-25-23-79-21-16-64-55-12-7-51(70(75)76)41-59(55)71(77)78/h3-12,39-42,47-48,60,64,66-67,72H,13-38,43-45H2,1-2H3,(H,65,73)/t47-,60-,63+/m1/s1. The summed E-state index contributed by atoms with van der Waals surface area (Å²) in [6.07, 6.45) is 2.19. The number of nitrogens with zero attached hydrogens (tertiary/aromatic N) is 4. The van der Waals surface area contributed by atoms with Gasteiger partial charge in [0.1, 0.15) is 22.9 Å². The lowest BCUT2D eigenvalue weighted by Crippen LogP contribution is -2.52. The molecule has 0 saturated carbocycles. The third-order valence-corrected chi connectivity index (χ3v) is 16.1. The van der Waals surface area contributed by atoms with E-state index in [2.05, 4.69) is 57.9 Å². The van der Waals surface area contributed by atoms with Gasteiger partial charge in [-0.2, -0.15) is 0 Å². The maximum atomic E-state index is 13.7. The third kappa shape index (κ3) is 20.3. The van der Waals surface area contributed by atoms with Crippen molar-refractivity contribution < 1.29 is 71.9 Å². The van der Waals surface area contributed by atoms with E-state index in [1.807, 2.05) is 29.2 Å². The smallest absolute Gasteiger partial charge is 0.299 e. The molecule has 1 aromatic heterocycles. The molecule has 88 heavy (non-hydrogen) atoms. The number of anilines is 2. The van der Waals surface area contributed by atoms with E-state index < -0.39 is 16.0 Å². The van der Waals surface area contributed by atoms with Crippen molar-refractivity contribution in [2.24, 2.45) is 11.8 Å². The van der Waals surface area contributed by atoms with Crippen LogP contribution in [0.25, 0.3) is 10.9 Å². The number of fused-ring (bicyclic) bond motifs is 3. The molecule has 25 heteroatoms. The maximum Gasteiger partial charge on any atom is 0.299 e. The molecule has 480 valence electrons. The van der Waals surface area contributed by atoms with E-state index in [0.717, 1.165) is 55.9 Å². The van der Waals surface area contributed by atoms with Gasteiger partial charge in [-0.05, 0) is 110 Å². The van der Waals surface area contributed by atoms with Gasteiger partial charge in [0.15, 0.2) is 0 Å². The minimum absolute atomic E-state index is 0.0466. The lowest BCUT2D eigenvalue weighted by Gasteiger charge is -2.46. The highest BCUT2D eigenvalue weighted by atomic mass is 16.6. The van der Waals surface area contributed by atoms with E-state index >= 15 is 0 Å². The van der Waals surface area contributed by atoms with Gasteiger partial charge >= 0.3 is 0 Å². The number of aryl methyl sites for hydroxylation is 1. The molecule has 0 unspecified atom stereocenters. The van der Waals surface area contributed by atoms with Crippen LogP contribution < -0.4 is 20.7 Å². The van der Waals surface area contributed by atoms with Gasteiger partial charge in [0.05, 0.1) is 141 Å². The van der Waals surface area contributed by atoms with Crippen LogP contribution in [0.15, 0.2) is 84.9 Å². The van der Waals surface area contributed by atoms with E-state index in [-0.39, 0.29) is 53.4 Å². The zero-order valence-corrected chi connectivity index (χ0v) is 50.6. The summed E-state index contributed by atoms with van der Waals surface area (Å²) in [5, 5.41) is 43.8. The summed E-state index contributed by atoms with van der Waals surface area (Å²) in [5.74, 6) is 1.51. The zero-order chi connectivity index (χ0) is 61.9. The second kappa shape index (κ2) is 35.3. The van der Waals surface area contributed by atoms with Crippen molar-refractivity contribution in [3.05, 3.63) is 128 Å². The van der Waals surface area contributed by atoms with Crippen LogP contribution in [-0.2, 0) is 48.0 Å². The first-order valence-corrected chi connectivity index (χ1v) is 30.5. The Balaban J connectivity index is 0.560. The number of hydrogen-bond acceptors (Lipinski definition) is 20. The molecule has 4 heterocycles. The summed E-state index contributed by atoms with van der Waals surface area (Å²) in [4.78, 5) is 54.9. The van der Waals surface area contributed by atoms with Gasteiger partial charge in [-0.15, -0.1) is 0 Å². The molecule has 3 aliphatic heterocycles. The topological polar surface area (TPSA) is 291 Å². The van der Waals surface area contributed by atoms with E-state index in [0.29, 0.717) is 167 Å². The average molecular weight is 1230 g/mol. The highest BCUT2D eigenvalue weighted by Crippen LogP contribution is 2.47. The number of H-pyrrole nitrogens is 1. The van der Waals surface area contributed by atoms with Crippen molar-refractivity contribution >= 4 is 45.5 Å². The van der Waals surface area contributed by atoms with Crippen molar-refractivity contribution in [2.75, 3.05) is 182 Å². The number of nitrogens with one attached hydrogen (secondary N) is 4. The number of piperidine rings is 2. The minimum atomic E-state index is -0.684. The van der Waals surface area contributed by atoms with Crippen LogP contribution in [0.2, 0.25) is 0 Å². The number of non-ortho nitro benzene ring substituents is 1. The van der Waals surface area contributed by atoms with Gasteiger partial charge < -0.3 is 83.2 Å². The predicted octanol–water partition coefficient (Wildman–Crippen LogP) is 6.99. The molecule has 0 radical (unpaired) electrons. The van der Waals surface area contributed by atoms with Crippen LogP contribution in [0, 0.1) is 39.0 Å². The second-order valence-corrected chi connectivity index (χ2v) is 22.1. The molecule has 5 N–H and O–H groups in total. The molecule has 2 amide bonds. The number of aliphatic hydroxyl groups excluding tert-OH is 1. The number of β-amino-alcohol motifs (C(OH)–C–C–N with tert-alkyl or cyclic N) is 1. The molecule has 4 aromatic carbocycles. The molecule has 3 aliphatic rings. The number of nitro groups is 2. The molecule has 1 spiro atoms. The summed E-state index contributed by atoms with van der Waals surface area (Å²) >= 11 is 0. The number of likely N-dealkylation sites (tertiary alicyclic amines) is 2. The van der Waals surface area contributed by atoms with Crippen LogP contribution in [-0.4, -0.2) is 219 Å². The van der Waals surface area contributed by atoms with Crippen LogP contribution in [0.3, 0.4) is 0 Å². The van der Waals surface area contributed by atoms with Gasteiger partial charge in [-0.25, -0.2) is 0 Å². The Morgan fingerprint density at radius 1 is 0.670 bits per heavy atom. The third-order valence-electron chi connectivity index (χ3n) is 16.1. The number of rotatable bonds is 40. The van der Waals surface area contributed by atoms with Crippen molar-refractivity contribution in [2.45, 2.75) is 44.6 Å². The number of carbonyl (C=O) groups is 2. The Morgan fingerprint density at radius 2 is 1.24 bits per heavy atom. The van der Waals surface area contributed by atoms with Crippen molar-refractivity contribution in [1.29, 1.82) is 0 Å². The van der Waals surface area contributed by atoms with Crippen molar-refractivity contribution in [3.8, 4) is 11.5 Å². The normalized spacial score (nSPS) is 17.3. The summed E-state index contributed by atoms with van der Waals surface area (Å²) in [5.41, 5.74) is 5.39. The van der Waals surface area contributed by atoms with Crippen LogP contribution in [0.5, 0.6) is 11.5 Å². The van der Waals surface area contributed by atoms with Crippen LogP contribution in [0.4, 0.5) is 22.7 Å². The first-order valence-electron chi connectivity index (χ1n) is 30.5. The Morgan fingerprint density at radius 3 is 1.81 bits per heavy atom.